The second-order valence-electron chi connectivity index (χ2n) is 2.41. The van der Waals surface area contributed by atoms with Crippen molar-refractivity contribution >= 4 is 7.59 Å². The lowest BCUT2D eigenvalue weighted by Crippen LogP contribution is -2.25. The zero-order chi connectivity index (χ0) is 8.20. The fourth-order valence-electron chi connectivity index (χ4n) is 0.543. The monoisotopic (exact) mass is 165 g/mol. The molecule has 0 aromatic carbocycles. The smallest absolute Gasteiger partial charge is 0.271 e. The molecule has 0 aliphatic heterocycles. The maximum absolute atomic E-state index is 10.9. The summed E-state index contributed by atoms with van der Waals surface area (Å²) in [5.41, 5.74) is 10.4. The van der Waals surface area contributed by atoms with Gasteiger partial charge < -0.3 is 0 Å². The molecular formula is C5H16N3OP. The highest BCUT2D eigenvalue weighted by atomic mass is 31.2. The van der Waals surface area contributed by atoms with Crippen LogP contribution in [0.4, 0.5) is 0 Å². The first-order valence-corrected chi connectivity index (χ1v) is 5.17. The SMILES string of the molecule is CCCCN(C)P(N)(N)=O. The van der Waals surface area contributed by atoms with Crippen LogP contribution in [-0.2, 0) is 4.57 Å². The number of hydrogen-bond donors (Lipinski definition) is 2. The van der Waals surface area contributed by atoms with E-state index >= 15 is 0 Å². The average Bonchev–Trinajstić information content (AvgIpc) is 1.80. The Kier molecular flexibility index (Phi) is 4.13. The van der Waals surface area contributed by atoms with Crippen LogP contribution in [0.3, 0.4) is 0 Å². The van der Waals surface area contributed by atoms with E-state index in [1.165, 1.54) is 4.67 Å². The molecule has 0 aromatic heterocycles. The zero-order valence-electron chi connectivity index (χ0n) is 6.58. The van der Waals surface area contributed by atoms with Crippen molar-refractivity contribution in [1.82, 2.24) is 4.67 Å². The molecule has 0 aliphatic rings. The highest BCUT2D eigenvalue weighted by Crippen LogP contribution is 2.28. The lowest BCUT2D eigenvalue weighted by Gasteiger charge is -2.19. The Morgan fingerprint density at radius 1 is 1.50 bits per heavy atom. The molecule has 0 saturated heterocycles. The Hall–Kier alpha value is 0.110. The molecule has 10 heavy (non-hydrogen) atoms. The maximum atomic E-state index is 10.9. The first-order chi connectivity index (χ1) is 4.48. The van der Waals surface area contributed by atoms with E-state index in [1.54, 1.807) is 7.05 Å². The summed E-state index contributed by atoms with van der Waals surface area (Å²) in [6.45, 7) is 2.77. The Morgan fingerprint density at radius 3 is 2.30 bits per heavy atom. The summed E-state index contributed by atoms with van der Waals surface area (Å²) < 4.78 is 12.4. The molecule has 0 radical (unpaired) electrons. The Labute approximate surface area is 62.1 Å². The summed E-state index contributed by atoms with van der Waals surface area (Å²) in [6, 6.07) is 0. The molecule has 0 heterocycles. The van der Waals surface area contributed by atoms with Gasteiger partial charge in [0, 0.05) is 6.54 Å². The second kappa shape index (κ2) is 4.09. The van der Waals surface area contributed by atoms with Gasteiger partial charge in [0.25, 0.3) is 7.59 Å². The molecule has 0 unspecified atom stereocenters. The molecule has 5 heteroatoms. The molecule has 0 fully saturated rings. The maximum Gasteiger partial charge on any atom is 0.276 e. The van der Waals surface area contributed by atoms with E-state index in [0.717, 1.165) is 12.8 Å². The Morgan fingerprint density at radius 2 is 2.00 bits per heavy atom. The predicted molar refractivity (Wildman–Crippen MR) is 43.5 cm³/mol. The van der Waals surface area contributed by atoms with Crippen molar-refractivity contribution in [1.29, 1.82) is 0 Å². The number of nitrogens with two attached hydrogens (primary N) is 2. The largest absolute Gasteiger partial charge is 0.276 e. The molecule has 0 spiro atoms. The van der Waals surface area contributed by atoms with Crippen LogP contribution in [0.2, 0.25) is 0 Å². The second-order valence-corrected chi connectivity index (χ2v) is 4.44. The molecule has 0 aromatic rings. The highest BCUT2D eigenvalue weighted by molar-refractivity contribution is 7.56. The summed E-state index contributed by atoms with van der Waals surface area (Å²) in [7, 11) is -1.28. The minimum absolute atomic E-state index is 0.709. The first-order valence-electron chi connectivity index (χ1n) is 3.37. The van der Waals surface area contributed by atoms with Crippen molar-refractivity contribution in [2.75, 3.05) is 13.6 Å². The lowest BCUT2D eigenvalue weighted by atomic mass is 10.3. The Bertz CT molecular complexity index is 133. The molecule has 4 N–H and O–H groups in total. The van der Waals surface area contributed by atoms with E-state index in [-0.39, 0.29) is 0 Å². The number of unbranched alkanes of at least 4 members (excludes halogenated alkanes) is 1. The summed E-state index contributed by atoms with van der Waals surface area (Å²) in [6.07, 6.45) is 2.04. The number of rotatable bonds is 4. The van der Waals surface area contributed by atoms with Gasteiger partial charge in [0.05, 0.1) is 0 Å². The van der Waals surface area contributed by atoms with Crippen LogP contribution < -0.4 is 11.0 Å². The van der Waals surface area contributed by atoms with Gasteiger partial charge in [0.1, 0.15) is 0 Å². The summed E-state index contributed by atoms with van der Waals surface area (Å²) >= 11 is 0. The zero-order valence-corrected chi connectivity index (χ0v) is 7.47. The normalized spacial score (nSPS) is 12.5. The third-order valence-electron chi connectivity index (χ3n) is 1.37. The number of nitrogens with zero attached hydrogens (tertiary/aromatic N) is 1. The van der Waals surface area contributed by atoms with Gasteiger partial charge in [0.15, 0.2) is 0 Å². The molecule has 62 valence electrons. The van der Waals surface area contributed by atoms with Crippen molar-refractivity contribution in [3.8, 4) is 0 Å². The standard InChI is InChI=1S/C5H16N3OP/c1-3-4-5-8(2)10(6,7)9/h3-5H2,1-2H3,(H4,6,7,9). The lowest BCUT2D eigenvalue weighted by molar-refractivity contribution is 0.458. The summed E-state index contributed by atoms with van der Waals surface area (Å²) in [4.78, 5) is 0. The fourth-order valence-corrected chi connectivity index (χ4v) is 0.997. The molecule has 0 bridgehead atoms. The topological polar surface area (TPSA) is 72.3 Å². The molecule has 0 rings (SSSR count). The van der Waals surface area contributed by atoms with Gasteiger partial charge in [-0.1, -0.05) is 13.3 Å². The summed E-state index contributed by atoms with van der Waals surface area (Å²) in [5, 5.41) is 0. The quantitative estimate of drug-likeness (QED) is 0.603. The van der Waals surface area contributed by atoms with Crippen molar-refractivity contribution in [2.45, 2.75) is 19.8 Å². The first kappa shape index (κ1) is 10.1. The molecule has 0 amide bonds. The van der Waals surface area contributed by atoms with Crippen LogP contribution >= 0.6 is 7.59 Å². The summed E-state index contributed by atoms with van der Waals surface area (Å²) in [5.74, 6) is 0. The van der Waals surface area contributed by atoms with E-state index in [0.29, 0.717) is 6.54 Å². The molecule has 0 aliphatic carbocycles. The fraction of sp³-hybridized carbons (Fsp3) is 1.00. The highest BCUT2D eigenvalue weighted by Gasteiger charge is 2.14. The van der Waals surface area contributed by atoms with E-state index < -0.39 is 7.59 Å². The molecule has 0 saturated carbocycles. The van der Waals surface area contributed by atoms with Crippen LogP contribution in [0.25, 0.3) is 0 Å². The van der Waals surface area contributed by atoms with E-state index in [9.17, 15) is 4.57 Å². The minimum Gasteiger partial charge on any atom is -0.271 e. The molecule has 0 atom stereocenters. The van der Waals surface area contributed by atoms with Crippen molar-refractivity contribution in [3.63, 3.8) is 0 Å². The van der Waals surface area contributed by atoms with Gasteiger partial charge in [0.2, 0.25) is 0 Å². The Balaban J connectivity index is 3.63. The predicted octanol–water partition coefficient (Wildman–Crippen LogP) is 0.744. The third-order valence-corrected chi connectivity index (χ3v) is 2.64. The van der Waals surface area contributed by atoms with Gasteiger partial charge in [-0.3, -0.25) is 15.6 Å². The van der Waals surface area contributed by atoms with E-state index in [2.05, 4.69) is 6.92 Å². The van der Waals surface area contributed by atoms with Gasteiger partial charge in [-0.25, -0.2) is 4.67 Å². The van der Waals surface area contributed by atoms with E-state index in [4.69, 9.17) is 11.0 Å². The van der Waals surface area contributed by atoms with Crippen LogP contribution in [0.5, 0.6) is 0 Å². The van der Waals surface area contributed by atoms with Crippen molar-refractivity contribution in [2.24, 2.45) is 11.0 Å². The minimum atomic E-state index is -2.95. The van der Waals surface area contributed by atoms with Crippen molar-refractivity contribution in [3.05, 3.63) is 0 Å². The van der Waals surface area contributed by atoms with Gasteiger partial charge >= 0.3 is 0 Å². The van der Waals surface area contributed by atoms with Gasteiger partial charge in [-0.2, -0.15) is 0 Å². The van der Waals surface area contributed by atoms with E-state index in [1.807, 2.05) is 0 Å². The molecular weight excluding hydrogens is 149 g/mol. The van der Waals surface area contributed by atoms with Gasteiger partial charge in [-0.05, 0) is 13.5 Å². The van der Waals surface area contributed by atoms with Crippen LogP contribution in [0.1, 0.15) is 19.8 Å². The third kappa shape index (κ3) is 4.01. The van der Waals surface area contributed by atoms with Crippen molar-refractivity contribution < 1.29 is 4.57 Å². The molecule has 4 nitrogen and oxygen atoms in total. The van der Waals surface area contributed by atoms with Crippen LogP contribution in [0, 0.1) is 0 Å². The van der Waals surface area contributed by atoms with Crippen LogP contribution in [0.15, 0.2) is 0 Å². The van der Waals surface area contributed by atoms with Crippen LogP contribution in [-0.4, -0.2) is 18.3 Å². The average molecular weight is 165 g/mol. The number of hydrogen-bond acceptors (Lipinski definition) is 1. The van der Waals surface area contributed by atoms with Gasteiger partial charge in [-0.15, -0.1) is 0 Å².